The topological polar surface area (TPSA) is 75.3 Å². The van der Waals surface area contributed by atoms with Crippen molar-refractivity contribution >= 4 is 29.5 Å². The number of nitrogens with one attached hydrogen (secondary N) is 2. The molecule has 3 amide bonds. The normalized spacial score (nSPS) is 20.2. The van der Waals surface area contributed by atoms with E-state index in [9.17, 15) is 14.4 Å². The van der Waals surface area contributed by atoms with E-state index in [-0.39, 0.29) is 18.2 Å². The first-order chi connectivity index (χ1) is 10.0. The van der Waals surface area contributed by atoms with E-state index < -0.39 is 11.9 Å². The van der Waals surface area contributed by atoms with Gasteiger partial charge in [0.2, 0.25) is 11.8 Å². The monoisotopic (exact) mass is 310 g/mol. The van der Waals surface area contributed by atoms with E-state index in [1.807, 2.05) is 6.92 Å². The zero-order valence-corrected chi connectivity index (χ0v) is 13.5. The van der Waals surface area contributed by atoms with Crippen molar-refractivity contribution in [3.05, 3.63) is 22.0 Å². The van der Waals surface area contributed by atoms with Gasteiger partial charge in [0, 0.05) is 6.42 Å². The fourth-order valence-electron chi connectivity index (χ4n) is 1.92. The lowest BCUT2D eigenvalue weighted by Crippen LogP contribution is -2.52. The molecule has 0 radical (unpaired) electrons. The average molecular weight is 310 g/mol. The maximum Gasteiger partial charge on any atom is 0.258 e. The van der Waals surface area contributed by atoms with E-state index in [0.717, 1.165) is 17.7 Å². The standard InChI is InChI=1S/C15H22N2O3S/c1-4-7-10(5-2)21-12(6-3)15(20)16-11-8-9-13(18)17-14(11)19/h6-7,11H,4-5,8-9H2,1-3H3,(H,16,20)(H,17,18,19)/b10-7+,12-6-. The molecule has 0 aromatic heterocycles. The molecule has 0 bridgehead atoms. The lowest BCUT2D eigenvalue weighted by molar-refractivity contribution is -0.136. The number of rotatable bonds is 6. The average Bonchev–Trinajstić information content (AvgIpc) is 2.46. The third kappa shape index (κ3) is 5.38. The van der Waals surface area contributed by atoms with Gasteiger partial charge in [0.15, 0.2) is 0 Å². The highest BCUT2D eigenvalue weighted by atomic mass is 32.2. The summed E-state index contributed by atoms with van der Waals surface area (Å²) in [5.74, 6) is -0.988. The zero-order valence-electron chi connectivity index (χ0n) is 12.7. The van der Waals surface area contributed by atoms with Crippen LogP contribution < -0.4 is 10.6 Å². The summed E-state index contributed by atoms with van der Waals surface area (Å²) in [5, 5.41) is 4.93. The number of hydrogen-bond donors (Lipinski definition) is 2. The molecular weight excluding hydrogens is 288 g/mol. The second-order valence-electron chi connectivity index (χ2n) is 4.66. The lowest BCUT2D eigenvalue weighted by Gasteiger charge is -2.22. The minimum atomic E-state index is -0.633. The van der Waals surface area contributed by atoms with Crippen LogP contribution in [0.3, 0.4) is 0 Å². The summed E-state index contributed by atoms with van der Waals surface area (Å²) < 4.78 is 0. The number of imide groups is 1. The highest BCUT2D eigenvalue weighted by Gasteiger charge is 2.28. The molecule has 0 aromatic carbocycles. The van der Waals surface area contributed by atoms with Gasteiger partial charge in [-0.15, -0.1) is 0 Å². The van der Waals surface area contributed by atoms with Gasteiger partial charge >= 0.3 is 0 Å². The van der Waals surface area contributed by atoms with Crippen molar-refractivity contribution in [1.82, 2.24) is 10.6 Å². The minimum Gasteiger partial charge on any atom is -0.340 e. The van der Waals surface area contributed by atoms with Gasteiger partial charge in [-0.25, -0.2) is 0 Å². The molecule has 1 aliphatic heterocycles. The van der Waals surface area contributed by atoms with Gasteiger partial charge in [-0.2, -0.15) is 0 Å². The molecular formula is C15H22N2O3S. The van der Waals surface area contributed by atoms with Gasteiger partial charge in [0.05, 0.1) is 4.91 Å². The molecule has 0 aromatic rings. The molecule has 6 heteroatoms. The number of thioether (sulfide) groups is 1. The van der Waals surface area contributed by atoms with Crippen LogP contribution in [0.15, 0.2) is 22.0 Å². The van der Waals surface area contributed by atoms with Crippen molar-refractivity contribution in [3.8, 4) is 0 Å². The summed E-state index contributed by atoms with van der Waals surface area (Å²) in [6.07, 6.45) is 6.22. The number of carbonyl (C=O) groups is 3. The van der Waals surface area contributed by atoms with Gasteiger partial charge in [-0.1, -0.05) is 37.8 Å². The Kier molecular flexibility index (Phi) is 7.22. The summed E-state index contributed by atoms with van der Waals surface area (Å²) in [6, 6.07) is -0.633. The van der Waals surface area contributed by atoms with E-state index in [2.05, 4.69) is 23.6 Å². The third-order valence-corrected chi connectivity index (χ3v) is 4.41. The second kappa shape index (κ2) is 8.67. The lowest BCUT2D eigenvalue weighted by atomic mass is 10.1. The second-order valence-corrected chi connectivity index (χ2v) is 5.83. The van der Waals surface area contributed by atoms with Gasteiger partial charge in [0.25, 0.3) is 5.91 Å². The highest BCUT2D eigenvalue weighted by Crippen LogP contribution is 2.28. The van der Waals surface area contributed by atoms with Crippen LogP contribution in [0.2, 0.25) is 0 Å². The number of hydrogen-bond acceptors (Lipinski definition) is 4. The smallest absolute Gasteiger partial charge is 0.258 e. The Morgan fingerprint density at radius 3 is 2.67 bits per heavy atom. The molecule has 5 nitrogen and oxygen atoms in total. The predicted molar refractivity (Wildman–Crippen MR) is 84.3 cm³/mol. The summed E-state index contributed by atoms with van der Waals surface area (Å²) in [5.41, 5.74) is 0. The predicted octanol–water partition coefficient (Wildman–Crippen LogP) is 2.25. The third-order valence-electron chi connectivity index (χ3n) is 3.05. The zero-order chi connectivity index (χ0) is 15.8. The first-order valence-corrected chi connectivity index (χ1v) is 8.01. The van der Waals surface area contributed by atoms with Gasteiger partial charge in [-0.3, -0.25) is 19.7 Å². The molecule has 1 saturated heterocycles. The number of amides is 3. The van der Waals surface area contributed by atoms with Crippen LogP contribution in [-0.4, -0.2) is 23.8 Å². The van der Waals surface area contributed by atoms with Crippen molar-refractivity contribution in [2.45, 2.75) is 52.5 Å². The van der Waals surface area contributed by atoms with E-state index in [4.69, 9.17) is 0 Å². The van der Waals surface area contributed by atoms with Crippen molar-refractivity contribution < 1.29 is 14.4 Å². The molecule has 116 valence electrons. The van der Waals surface area contributed by atoms with Crippen LogP contribution >= 0.6 is 11.8 Å². The maximum absolute atomic E-state index is 12.2. The van der Waals surface area contributed by atoms with Gasteiger partial charge in [-0.05, 0) is 31.1 Å². The Hall–Kier alpha value is -1.56. The molecule has 1 heterocycles. The molecule has 0 spiro atoms. The number of piperidine rings is 1. The fourth-order valence-corrected chi connectivity index (χ4v) is 2.87. The van der Waals surface area contributed by atoms with E-state index in [1.54, 1.807) is 13.0 Å². The van der Waals surface area contributed by atoms with Crippen molar-refractivity contribution in [2.24, 2.45) is 0 Å². The Bertz CT molecular complexity index is 483. The SMILES string of the molecule is C/C=C(\S/C(=C/CC)CC)C(=O)NC1CCC(=O)NC1=O. The van der Waals surface area contributed by atoms with E-state index in [1.165, 1.54) is 11.8 Å². The summed E-state index contributed by atoms with van der Waals surface area (Å²) in [4.78, 5) is 36.7. The van der Waals surface area contributed by atoms with E-state index in [0.29, 0.717) is 11.3 Å². The van der Waals surface area contributed by atoms with Gasteiger partial charge in [0.1, 0.15) is 6.04 Å². The minimum absolute atomic E-state index is 0.255. The number of carbonyl (C=O) groups excluding carboxylic acids is 3. The molecule has 0 aliphatic carbocycles. The Morgan fingerprint density at radius 2 is 2.14 bits per heavy atom. The van der Waals surface area contributed by atoms with Crippen LogP contribution in [0.25, 0.3) is 0 Å². The highest BCUT2D eigenvalue weighted by molar-refractivity contribution is 8.07. The molecule has 1 fully saturated rings. The summed E-state index contributed by atoms with van der Waals surface area (Å²) >= 11 is 1.42. The largest absolute Gasteiger partial charge is 0.340 e. The fraction of sp³-hybridized carbons (Fsp3) is 0.533. The molecule has 0 saturated carbocycles. The van der Waals surface area contributed by atoms with Crippen molar-refractivity contribution in [3.63, 3.8) is 0 Å². The summed E-state index contributed by atoms with van der Waals surface area (Å²) in [7, 11) is 0. The molecule has 2 N–H and O–H groups in total. The molecule has 21 heavy (non-hydrogen) atoms. The quantitative estimate of drug-likeness (QED) is 0.583. The Morgan fingerprint density at radius 1 is 1.43 bits per heavy atom. The van der Waals surface area contributed by atoms with Crippen LogP contribution in [-0.2, 0) is 14.4 Å². The van der Waals surface area contributed by atoms with Crippen molar-refractivity contribution in [1.29, 1.82) is 0 Å². The Labute approximate surface area is 129 Å². The van der Waals surface area contributed by atoms with Gasteiger partial charge < -0.3 is 5.32 Å². The molecule has 1 rings (SSSR count). The van der Waals surface area contributed by atoms with Crippen molar-refractivity contribution in [2.75, 3.05) is 0 Å². The van der Waals surface area contributed by atoms with Crippen LogP contribution in [0, 0.1) is 0 Å². The molecule has 1 atom stereocenters. The maximum atomic E-state index is 12.2. The molecule has 1 unspecified atom stereocenters. The van der Waals surface area contributed by atoms with Crippen LogP contribution in [0.1, 0.15) is 46.5 Å². The first kappa shape index (κ1) is 17.5. The Balaban J connectivity index is 2.66. The molecule has 1 aliphatic rings. The van der Waals surface area contributed by atoms with Crippen LogP contribution in [0.4, 0.5) is 0 Å². The number of allylic oxidation sites excluding steroid dienone is 3. The summed E-state index contributed by atoms with van der Waals surface area (Å²) in [6.45, 7) is 5.89. The van der Waals surface area contributed by atoms with E-state index >= 15 is 0 Å². The van der Waals surface area contributed by atoms with Crippen LogP contribution in [0.5, 0.6) is 0 Å². The first-order valence-electron chi connectivity index (χ1n) is 7.19.